The molecule has 2 atom stereocenters. The summed E-state index contributed by atoms with van der Waals surface area (Å²) >= 11 is 1.57. The number of esters is 1. The van der Waals surface area contributed by atoms with Crippen molar-refractivity contribution in [2.45, 2.75) is 39.5 Å². The first-order valence-corrected chi connectivity index (χ1v) is 9.04. The summed E-state index contributed by atoms with van der Waals surface area (Å²) < 4.78 is 10.4. The minimum absolute atomic E-state index is 0.0824. The molecule has 2 aliphatic rings. The highest BCUT2D eigenvalue weighted by atomic mass is 32.1. The lowest BCUT2D eigenvalue weighted by Crippen LogP contribution is -2.22. The predicted molar refractivity (Wildman–Crippen MR) is 93.4 cm³/mol. The molecule has 3 rings (SSSR count). The molecule has 4 nitrogen and oxygen atoms in total. The summed E-state index contributed by atoms with van der Waals surface area (Å²) in [4.78, 5) is 26.3. The van der Waals surface area contributed by atoms with Gasteiger partial charge in [-0.15, -0.1) is 11.3 Å². The zero-order valence-corrected chi connectivity index (χ0v) is 15.3. The molecule has 0 spiro atoms. The molecule has 5 heteroatoms. The number of rotatable bonds is 3. The summed E-state index contributed by atoms with van der Waals surface area (Å²) in [6, 6.07) is 0. The van der Waals surface area contributed by atoms with Gasteiger partial charge in [0.05, 0.1) is 13.7 Å². The molecule has 2 unspecified atom stereocenters. The van der Waals surface area contributed by atoms with Gasteiger partial charge in [-0.05, 0) is 49.8 Å². The van der Waals surface area contributed by atoms with Gasteiger partial charge in [0.2, 0.25) is 0 Å². The smallest absolute Gasteiger partial charge is 0.379 e. The zero-order chi connectivity index (χ0) is 17.4. The third-order valence-corrected chi connectivity index (χ3v) is 5.80. The summed E-state index contributed by atoms with van der Waals surface area (Å²) in [5, 5.41) is 0. The van der Waals surface area contributed by atoms with Gasteiger partial charge in [0.25, 0.3) is 5.78 Å². The third-order valence-electron chi connectivity index (χ3n) is 4.76. The summed E-state index contributed by atoms with van der Waals surface area (Å²) in [7, 11) is 1.24. The van der Waals surface area contributed by atoms with Crippen LogP contribution >= 0.6 is 11.3 Å². The molecule has 0 N–H and O–H groups in total. The first kappa shape index (κ1) is 17.0. The number of allylic oxidation sites excluding steroid dienone is 3. The number of carbonyl (C=O) groups is 2. The highest BCUT2D eigenvalue weighted by molar-refractivity contribution is 7.12. The summed E-state index contributed by atoms with van der Waals surface area (Å²) in [6.45, 7) is 6.80. The van der Waals surface area contributed by atoms with Crippen molar-refractivity contribution in [3.8, 4) is 0 Å². The Bertz CT molecular complexity index is 754. The minimum atomic E-state index is -0.800. The maximum atomic E-state index is 12.5. The number of carbonyl (C=O) groups excluding carboxylic acids is 2. The van der Waals surface area contributed by atoms with Crippen LogP contribution in [0.3, 0.4) is 0 Å². The van der Waals surface area contributed by atoms with E-state index < -0.39 is 11.8 Å². The molecule has 0 aromatic carbocycles. The Morgan fingerprint density at radius 3 is 2.71 bits per heavy atom. The molecule has 0 amide bonds. The van der Waals surface area contributed by atoms with Gasteiger partial charge in [-0.25, -0.2) is 4.79 Å². The van der Waals surface area contributed by atoms with E-state index in [0.29, 0.717) is 5.56 Å². The number of ether oxygens (including phenoxy) is 2. The fourth-order valence-electron chi connectivity index (χ4n) is 3.62. The number of ketones is 1. The molecule has 2 heterocycles. The monoisotopic (exact) mass is 346 g/mol. The van der Waals surface area contributed by atoms with Gasteiger partial charge in [-0.3, -0.25) is 4.79 Å². The molecule has 0 saturated carbocycles. The van der Waals surface area contributed by atoms with E-state index >= 15 is 0 Å². The molecule has 1 aliphatic heterocycles. The van der Waals surface area contributed by atoms with Gasteiger partial charge >= 0.3 is 5.97 Å². The van der Waals surface area contributed by atoms with E-state index in [1.165, 1.54) is 12.7 Å². The number of Topliss-reactive ketones (excluding diaryl/α,β-unsaturated/α-hetero) is 1. The number of hydrogen-bond acceptors (Lipinski definition) is 5. The first-order chi connectivity index (χ1) is 11.4. The van der Waals surface area contributed by atoms with Crippen LogP contribution < -0.4 is 0 Å². The van der Waals surface area contributed by atoms with Crippen LogP contribution in [0.5, 0.6) is 0 Å². The van der Waals surface area contributed by atoms with Crippen LogP contribution in [0.15, 0.2) is 23.5 Å². The van der Waals surface area contributed by atoms with Gasteiger partial charge in [-0.1, -0.05) is 13.0 Å². The van der Waals surface area contributed by atoms with Crippen LogP contribution in [0, 0.1) is 19.8 Å². The van der Waals surface area contributed by atoms with Crippen LogP contribution in [-0.4, -0.2) is 25.5 Å². The quantitative estimate of drug-likeness (QED) is 0.470. The second-order valence-corrected chi connectivity index (χ2v) is 7.81. The molecule has 0 radical (unpaired) electrons. The van der Waals surface area contributed by atoms with Crippen LogP contribution in [0.25, 0.3) is 0 Å². The Balaban J connectivity index is 2.07. The molecular weight excluding hydrogens is 324 g/mol. The lowest BCUT2D eigenvalue weighted by atomic mass is 9.78. The van der Waals surface area contributed by atoms with Crippen molar-refractivity contribution in [1.29, 1.82) is 0 Å². The third kappa shape index (κ3) is 2.81. The van der Waals surface area contributed by atoms with Crippen molar-refractivity contribution in [1.82, 2.24) is 0 Å². The van der Waals surface area contributed by atoms with Crippen molar-refractivity contribution in [2.75, 3.05) is 13.7 Å². The fourth-order valence-corrected chi connectivity index (χ4v) is 4.73. The van der Waals surface area contributed by atoms with Crippen LogP contribution in [0.1, 0.15) is 51.4 Å². The molecule has 128 valence electrons. The maximum absolute atomic E-state index is 12.5. The summed E-state index contributed by atoms with van der Waals surface area (Å²) in [6.07, 6.45) is 6.39. The van der Waals surface area contributed by atoms with Crippen molar-refractivity contribution >= 4 is 23.1 Å². The van der Waals surface area contributed by atoms with Gasteiger partial charge < -0.3 is 9.47 Å². The highest BCUT2D eigenvalue weighted by Crippen LogP contribution is 2.43. The summed E-state index contributed by atoms with van der Waals surface area (Å²) in [5.74, 6) is -0.0756. The number of hydrogen-bond donors (Lipinski definition) is 0. The average molecular weight is 346 g/mol. The molecule has 1 fully saturated rings. The standard InChI is InChI=1S/C19H22O4S/c1-10-8-15-13(6-5-7-23-15)9-14(10)16-11(2)24-12(3)17(16)18(20)19(21)22-4/h8-10,14H,5-7H2,1-4H3. The topological polar surface area (TPSA) is 52.6 Å². The Kier molecular flexibility index (Phi) is 4.63. The highest BCUT2D eigenvalue weighted by Gasteiger charge is 2.33. The van der Waals surface area contributed by atoms with E-state index in [1.807, 2.05) is 13.8 Å². The van der Waals surface area contributed by atoms with Crippen molar-refractivity contribution in [3.05, 3.63) is 44.4 Å². The van der Waals surface area contributed by atoms with Crippen molar-refractivity contribution < 1.29 is 19.1 Å². The van der Waals surface area contributed by atoms with Crippen LogP contribution in [-0.2, 0) is 14.3 Å². The van der Waals surface area contributed by atoms with Gasteiger partial charge in [0, 0.05) is 21.2 Å². The molecule has 1 aromatic heterocycles. The van der Waals surface area contributed by atoms with E-state index in [-0.39, 0.29) is 11.8 Å². The predicted octanol–water partition coefficient (Wildman–Crippen LogP) is 4.07. The number of thiophene rings is 1. The van der Waals surface area contributed by atoms with Gasteiger partial charge in [-0.2, -0.15) is 0 Å². The Morgan fingerprint density at radius 1 is 1.25 bits per heavy atom. The Hall–Kier alpha value is -1.88. The van der Waals surface area contributed by atoms with Gasteiger partial charge in [0.15, 0.2) is 0 Å². The molecule has 1 aromatic rings. The molecular formula is C19H22O4S. The first-order valence-electron chi connectivity index (χ1n) is 8.22. The summed E-state index contributed by atoms with van der Waals surface area (Å²) in [5.41, 5.74) is 2.70. The molecule has 0 bridgehead atoms. The number of methoxy groups -OCH3 is 1. The largest absolute Gasteiger partial charge is 0.494 e. The van der Waals surface area contributed by atoms with Gasteiger partial charge in [0.1, 0.15) is 5.76 Å². The number of aryl methyl sites for hydroxylation is 2. The SMILES string of the molecule is COC(=O)C(=O)c1c(C)sc(C)c1C1C=C2CCCOC2=CC1C. The maximum Gasteiger partial charge on any atom is 0.379 e. The zero-order valence-electron chi connectivity index (χ0n) is 14.5. The van der Waals surface area contributed by atoms with Crippen molar-refractivity contribution in [2.24, 2.45) is 5.92 Å². The van der Waals surface area contributed by atoms with E-state index in [1.54, 1.807) is 11.3 Å². The number of fused-ring (bicyclic) bond motifs is 1. The van der Waals surface area contributed by atoms with E-state index in [2.05, 4.69) is 23.8 Å². The Labute approximate surface area is 146 Å². The molecule has 1 aliphatic carbocycles. The van der Waals surface area contributed by atoms with Crippen molar-refractivity contribution in [3.63, 3.8) is 0 Å². The van der Waals surface area contributed by atoms with Crippen LogP contribution in [0.4, 0.5) is 0 Å². The normalized spacial score (nSPS) is 22.8. The second-order valence-electron chi connectivity index (χ2n) is 6.38. The fraction of sp³-hybridized carbons (Fsp3) is 0.474. The minimum Gasteiger partial charge on any atom is -0.494 e. The van der Waals surface area contributed by atoms with Crippen LogP contribution in [0.2, 0.25) is 0 Å². The van der Waals surface area contributed by atoms with E-state index in [4.69, 9.17) is 4.74 Å². The molecule has 1 saturated heterocycles. The van der Waals surface area contributed by atoms with E-state index in [0.717, 1.165) is 40.5 Å². The lowest BCUT2D eigenvalue weighted by Gasteiger charge is -2.30. The second kappa shape index (κ2) is 6.55. The van der Waals surface area contributed by atoms with E-state index in [9.17, 15) is 9.59 Å². The Morgan fingerprint density at radius 2 is 2.00 bits per heavy atom. The molecule has 24 heavy (non-hydrogen) atoms. The average Bonchev–Trinajstić information content (AvgIpc) is 2.86. The lowest BCUT2D eigenvalue weighted by molar-refractivity contribution is -0.135.